The molecule has 2 aromatic heterocycles. The van der Waals surface area contributed by atoms with Crippen molar-refractivity contribution in [3.8, 4) is 5.75 Å². The van der Waals surface area contributed by atoms with Crippen molar-refractivity contribution in [2.45, 2.75) is 13.0 Å². The zero-order valence-corrected chi connectivity index (χ0v) is 16.8. The zero-order valence-electron chi connectivity index (χ0n) is 16.8. The van der Waals surface area contributed by atoms with Gasteiger partial charge in [-0.05, 0) is 35.7 Å². The molecule has 0 saturated heterocycles. The predicted molar refractivity (Wildman–Crippen MR) is 112 cm³/mol. The molecule has 0 fully saturated rings. The van der Waals surface area contributed by atoms with E-state index in [1.54, 1.807) is 18.2 Å². The molecule has 0 bridgehead atoms. The van der Waals surface area contributed by atoms with E-state index < -0.39 is 28.9 Å². The molecule has 0 radical (unpaired) electrons. The van der Waals surface area contributed by atoms with E-state index in [0.29, 0.717) is 12.0 Å². The Morgan fingerprint density at radius 3 is 2.47 bits per heavy atom. The molecular weight excluding hydrogens is 423 g/mol. The number of carbonyl (C=O) groups is 2. The lowest BCUT2D eigenvalue weighted by molar-refractivity contribution is 0.0940. The number of benzene rings is 1. The van der Waals surface area contributed by atoms with Gasteiger partial charge in [-0.1, -0.05) is 12.1 Å². The molecule has 0 aliphatic rings. The Kier molecular flexibility index (Phi) is 7.00. The van der Waals surface area contributed by atoms with Crippen LogP contribution in [0.5, 0.6) is 5.75 Å². The molecule has 0 unspecified atom stereocenters. The third-order valence-electron chi connectivity index (χ3n) is 4.69. The van der Waals surface area contributed by atoms with Crippen molar-refractivity contribution in [3.05, 3.63) is 69.4 Å². The van der Waals surface area contributed by atoms with Crippen LogP contribution >= 0.6 is 0 Å². The normalized spacial score (nSPS) is 10.8. The summed E-state index contributed by atoms with van der Waals surface area (Å²) < 4.78 is 14.3. The van der Waals surface area contributed by atoms with Gasteiger partial charge < -0.3 is 30.5 Å². The molecule has 1 aromatic carbocycles. The number of carboxylic acid groups (broad SMARTS) is 1. The highest BCUT2D eigenvalue weighted by Crippen LogP contribution is 2.26. The molecule has 0 saturated carbocycles. The van der Waals surface area contributed by atoms with Gasteiger partial charge in [-0.15, -0.1) is 0 Å². The van der Waals surface area contributed by atoms with Crippen LogP contribution in [0.1, 0.15) is 21.5 Å². The average molecular weight is 444 g/mol. The number of aromatic nitrogens is 2. The average Bonchev–Trinajstić information content (AvgIpc) is 2.76. The van der Waals surface area contributed by atoms with Gasteiger partial charge in [0.1, 0.15) is 16.9 Å². The number of aliphatic hydroxyl groups is 1. The molecule has 0 aliphatic carbocycles. The molecule has 10 nitrogen and oxygen atoms in total. The van der Waals surface area contributed by atoms with Gasteiger partial charge in [0.05, 0.1) is 12.1 Å². The molecular formula is C21H21FN4O6. The maximum Gasteiger partial charge on any atom is 0.404 e. The molecule has 0 atom stereocenters. The number of rotatable bonds is 8. The molecule has 0 spiro atoms. The summed E-state index contributed by atoms with van der Waals surface area (Å²) in [4.78, 5) is 40.4. The molecule has 11 heteroatoms. The Balaban J connectivity index is 2.10. The van der Waals surface area contributed by atoms with E-state index in [0.717, 1.165) is 10.1 Å². The fraction of sp³-hybridized carbons (Fsp3) is 0.238. The number of hydrogen-bond acceptors (Lipinski definition) is 6. The van der Waals surface area contributed by atoms with Gasteiger partial charge in [0, 0.05) is 25.8 Å². The van der Waals surface area contributed by atoms with Gasteiger partial charge in [-0.3, -0.25) is 14.6 Å². The van der Waals surface area contributed by atoms with Crippen molar-refractivity contribution in [3.63, 3.8) is 0 Å². The first-order valence-corrected chi connectivity index (χ1v) is 9.66. The van der Waals surface area contributed by atoms with Gasteiger partial charge in [0.2, 0.25) is 0 Å². The van der Waals surface area contributed by atoms with E-state index in [9.17, 15) is 23.9 Å². The minimum absolute atomic E-state index is 0.0167. The molecule has 168 valence electrons. The van der Waals surface area contributed by atoms with Crippen LogP contribution in [0, 0.1) is 5.82 Å². The van der Waals surface area contributed by atoms with Crippen molar-refractivity contribution in [2.24, 2.45) is 0 Å². The number of carbonyl (C=O) groups excluding carboxylic acids is 1. The zero-order chi connectivity index (χ0) is 23.3. The number of nitrogens with one attached hydrogen (secondary N) is 2. The summed E-state index contributed by atoms with van der Waals surface area (Å²) in [6, 6.07) is 7.45. The summed E-state index contributed by atoms with van der Waals surface area (Å²) in [6.45, 7) is -0.735. The maximum atomic E-state index is 13.2. The Labute approximate surface area is 181 Å². The highest BCUT2D eigenvalue weighted by atomic mass is 19.1. The van der Waals surface area contributed by atoms with Crippen LogP contribution in [0.25, 0.3) is 11.0 Å². The van der Waals surface area contributed by atoms with E-state index in [4.69, 9.17) is 10.2 Å². The first kappa shape index (κ1) is 22.7. The molecule has 0 aliphatic heterocycles. The Morgan fingerprint density at radius 2 is 1.81 bits per heavy atom. The van der Waals surface area contributed by atoms with Crippen LogP contribution < -0.4 is 16.2 Å². The summed E-state index contributed by atoms with van der Waals surface area (Å²) in [7, 11) is 0. The smallest absolute Gasteiger partial charge is 0.404 e. The van der Waals surface area contributed by atoms with Crippen LogP contribution in [0.15, 0.2) is 41.3 Å². The monoisotopic (exact) mass is 444 g/mol. The van der Waals surface area contributed by atoms with Crippen LogP contribution in [0.4, 0.5) is 9.18 Å². The van der Waals surface area contributed by atoms with Gasteiger partial charge in [0.25, 0.3) is 11.5 Å². The predicted octanol–water partition coefficient (Wildman–Crippen LogP) is 0.822. The molecule has 32 heavy (non-hydrogen) atoms. The largest absolute Gasteiger partial charge is 0.505 e. The lowest BCUT2D eigenvalue weighted by atomic mass is 10.1. The number of aliphatic hydroxyl groups excluding tert-OH is 1. The Bertz CT molecular complexity index is 1210. The van der Waals surface area contributed by atoms with E-state index in [1.807, 2.05) is 0 Å². The van der Waals surface area contributed by atoms with E-state index in [-0.39, 0.29) is 43.1 Å². The number of amides is 2. The van der Waals surface area contributed by atoms with Crippen LogP contribution in [0.2, 0.25) is 0 Å². The second-order valence-electron chi connectivity index (χ2n) is 6.91. The minimum Gasteiger partial charge on any atom is -0.505 e. The van der Waals surface area contributed by atoms with Gasteiger partial charge in [-0.2, -0.15) is 0 Å². The van der Waals surface area contributed by atoms with Crippen LogP contribution in [0.3, 0.4) is 0 Å². The minimum atomic E-state index is -1.28. The van der Waals surface area contributed by atoms with Crippen molar-refractivity contribution < 1.29 is 29.3 Å². The van der Waals surface area contributed by atoms with E-state index >= 15 is 0 Å². The Morgan fingerprint density at radius 1 is 1.09 bits per heavy atom. The molecule has 5 N–H and O–H groups in total. The maximum absolute atomic E-state index is 13.2. The first-order valence-electron chi connectivity index (χ1n) is 9.66. The Hall–Kier alpha value is -3.99. The second kappa shape index (κ2) is 9.88. The number of hydrogen-bond donors (Lipinski definition) is 5. The number of pyridine rings is 2. The summed E-state index contributed by atoms with van der Waals surface area (Å²) in [6.07, 6.45) is 0.548. The number of fused-ring (bicyclic) bond motifs is 1. The van der Waals surface area contributed by atoms with Crippen molar-refractivity contribution in [1.29, 1.82) is 0 Å². The van der Waals surface area contributed by atoms with Crippen molar-refractivity contribution in [1.82, 2.24) is 20.2 Å². The summed E-state index contributed by atoms with van der Waals surface area (Å²) in [5.41, 5.74) is 0.243. The molecule has 2 amide bonds. The first-order chi connectivity index (χ1) is 15.3. The fourth-order valence-electron chi connectivity index (χ4n) is 3.24. The van der Waals surface area contributed by atoms with Crippen molar-refractivity contribution >= 4 is 23.0 Å². The van der Waals surface area contributed by atoms with E-state index in [1.165, 1.54) is 18.3 Å². The third-order valence-corrected chi connectivity index (χ3v) is 4.69. The van der Waals surface area contributed by atoms with Crippen molar-refractivity contribution in [2.75, 3.05) is 19.7 Å². The lowest BCUT2D eigenvalue weighted by Gasteiger charge is -2.15. The van der Waals surface area contributed by atoms with Crippen LogP contribution in [-0.2, 0) is 13.0 Å². The highest BCUT2D eigenvalue weighted by Gasteiger charge is 2.23. The van der Waals surface area contributed by atoms with Crippen LogP contribution in [-0.4, -0.2) is 56.6 Å². The standard InChI is InChI=1S/C21H21FN4O6/c22-14-3-1-12(2-4-14)9-13-10-15-17(25-11-13)18(28)16(19(29)23-6-8-27)20(30)26(15)7-5-24-21(31)32/h1-4,10-11,24,27-28H,5-9H2,(H,23,29)(H,31,32). The second-order valence-corrected chi connectivity index (χ2v) is 6.91. The highest BCUT2D eigenvalue weighted by molar-refractivity contribution is 6.01. The third kappa shape index (κ3) is 5.01. The summed E-state index contributed by atoms with van der Waals surface area (Å²) in [5, 5.41) is 32.8. The number of nitrogens with zero attached hydrogens (tertiary/aromatic N) is 2. The van der Waals surface area contributed by atoms with Gasteiger partial charge >= 0.3 is 6.09 Å². The molecule has 3 aromatic rings. The van der Waals surface area contributed by atoms with E-state index in [2.05, 4.69) is 15.6 Å². The SMILES string of the molecule is O=C(O)NCCn1c(=O)c(C(=O)NCCO)c(O)c2ncc(Cc3ccc(F)cc3)cc21. The molecule has 2 heterocycles. The topological polar surface area (TPSA) is 154 Å². The summed E-state index contributed by atoms with van der Waals surface area (Å²) in [5.74, 6) is -1.88. The van der Waals surface area contributed by atoms with Gasteiger partial charge in [-0.25, -0.2) is 9.18 Å². The fourth-order valence-corrected chi connectivity index (χ4v) is 3.24. The quantitative estimate of drug-likeness (QED) is 0.345. The summed E-state index contributed by atoms with van der Waals surface area (Å²) >= 11 is 0. The number of halogens is 1. The lowest BCUT2D eigenvalue weighted by Crippen LogP contribution is -2.36. The van der Waals surface area contributed by atoms with Gasteiger partial charge in [0.15, 0.2) is 5.75 Å². The molecule has 3 rings (SSSR count). The number of aromatic hydroxyl groups is 1.